The van der Waals surface area contributed by atoms with Crippen LogP contribution in [0.2, 0.25) is 10.0 Å². The van der Waals surface area contributed by atoms with Gasteiger partial charge in [-0.2, -0.15) is 10.4 Å². The first kappa shape index (κ1) is 21.7. The van der Waals surface area contributed by atoms with Crippen molar-refractivity contribution in [3.8, 4) is 17.3 Å². The molecule has 0 bridgehead atoms. The zero-order chi connectivity index (χ0) is 23.0. The molecule has 1 aliphatic rings. The first-order chi connectivity index (χ1) is 15.3. The molecule has 0 fully saturated rings. The molecule has 10 heteroatoms. The Bertz CT molecular complexity index is 1270. The Morgan fingerprint density at radius 2 is 1.97 bits per heavy atom. The molecule has 0 aliphatic carbocycles. The second kappa shape index (κ2) is 8.54. The van der Waals surface area contributed by atoms with Crippen molar-refractivity contribution in [1.82, 2.24) is 14.7 Å². The summed E-state index contributed by atoms with van der Waals surface area (Å²) in [5.41, 5.74) is 9.37. The number of carbonyl (C=O) groups is 2. The van der Waals surface area contributed by atoms with Crippen LogP contribution in [0.3, 0.4) is 0 Å². The Hall–Kier alpha value is -3.54. The Morgan fingerprint density at radius 3 is 2.62 bits per heavy atom. The molecule has 8 nitrogen and oxygen atoms in total. The van der Waals surface area contributed by atoms with Gasteiger partial charge in [0.2, 0.25) is 0 Å². The highest BCUT2D eigenvalue weighted by atomic mass is 35.5. The van der Waals surface area contributed by atoms with Gasteiger partial charge < -0.3 is 16.0 Å². The van der Waals surface area contributed by atoms with Crippen molar-refractivity contribution in [2.24, 2.45) is 5.73 Å². The number of rotatable bonds is 3. The fourth-order valence-electron chi connectivity index (χ4n) is 3.71. The molecule has 0 saturated heterocycles. The Kier molecular flexibility index (Phi) is 5.78. The van der Waals surface area contributed by atoms with Crippen molar-refractivity contribution in [1.29, 1.82) is 5.26 Å². The van der Waals surface area contributed by atoms with Crippen molar-refractivity contribution >= 4 is 40.8 Å². The van der Waals surface area contributed by atoms with E-state index in [2.05, 4.69) is 10.4 Å². The minimum absolute atomic E-state index is 0.153. The molecule has 32 heavy (non-hydrogen) atoms. The predicted molar refractivity (Wildman–Crippen MR) is 122 cm³/mol. The van der Waals surface area contributed by atoms with Crippen molar-refractivity contribution in [3.63, 3.8) is 0 Å². The van der Waals surface area contributed by atoms with E-state index in [9.17, 15) is 9.59 Å². The molecule has 0 unspecified atom stereocenters. The average molecular weight is 469 g/mol. The summed E-state index contributed by atoms with van der Waals surface area (Å²) in [6, 6.07) is 11.7. The van der Waals surface area contributed by atoms with Crippen molar-refractivity contribution in [3.05, 3.63) is 68.8 Å². The van der Waals surface area contributed by atoms with Crippen LogP contribution in [0.15, 0.2) is 36.4 Å². The van der Waals surface area contributed by atoms with Gasteiger partial charge in [-0.25, -0.2) is 4.79 Å². The lowest BCUT2D eigenvalue weighted by Gasteiger charge is -2.28. The third kappa shape index (κ3) is 4.13. The summed E-state index contributed by atoms with van der Waals surface area (Å²) in [7, 11) is 0. The van der Waals surface area contributed by atoms with E-state index in [1.54, 1.807) is 21.7 Å². The molecule has 1 aromatic heterocycles. The number of amides is 3. The maximum atomic E-state index is 12.8. The summed E-state index contributed by atoms with van der Waals surface area (Å²) in [6.07, 6.45) is 0. The average Bonchev–Trinajstić information content (AvgIpc) is 3.12. The van der Waals surface area contributed by atoms with Crippen LogP contribution in [0.5, 0.6) is 0 Å². The number of urea groups is 1. The Labute approximate surface area is 194 Å². The Morgan fingerprint density at radius 1 is 1.19 bits per heavy atom. The van der Waals surface area contributed by atoms with E-state index in [-0.39, 0.29) is 23.2 Å². The maximum Gasteiger partial charge on any atom is 0.322 e. The molecular weight excluding hydrogens is 451 g/mol. The van der Waals surface area contributed by atoms with E-state index in [0.717, 1.165) is 5.56 Å². The number of fused-ring (bicyclic) bond motifs is 1. The van der Waals surface area contributed by atoms with Crippen LogP contribution in [-0.2, 0) is 13.1 Å². The lowest BCUT2D eigenvalue weighted by atomic mass is 10.0. The lowest BCUT2D eigenvalue weighted by molar-refractivity contribution is 0.0997. The molecule has 3 aromatic rings. The number of aromatic nitrogens is 2. The molecule has 0 radical (unpaired) electrons. The van der Waals surface area contributed by atoms with Gasteiger partial charge in [-0.05, 0) is 48.9 Å². The molecule has 2 heterocycles. The van der Waals surface area contributed by atoms with Gasteiger partial charge in [-0.15, -0.1) is 0 Å². The number of primary amides is 1. The second-order valence-corrected chi connectivity index (χ2v) is 8.28. The van der Waals surface area contributed by atoms with Gasteiger partial charge in [-0.1, -0.05) is 23.2 Å². The standard InChI is InChI=1S/C22H18Cl2N6O2/c1-12-6-14(8-15(23)7-12)20-19(21(26)31)18-11-29(4-5-30(18)28-20)22(32)27-16-3-2-13(10-25)17(24)9-16/h2-3,6-9H,4-5,11H2,1H3,(H2,26,31)(H,27,32). The van der Waals surface area contributed by atoms with Crippen LogP contribution in [0.4, 0.5) is 10.5 Å². The zero-order valence-corrected chi connectivity index (χ0v) is 18.5. The van der Waals surface area contributed by atoms with Gasteiger partial charge >= 0.3 is 6.03 Å². The minimum Gasteiger partial charge on any atom is -0.365 e. The number of carbonyl (C=O) groups excluding carboxylic acids is 2. The molecule has 162 valence electrons. The third-order valence-corrected chi connectivity index (χ3v) is 5.70. The number of benzene rings is 2. The summed E-state index contributed by atoms with van der Waals surface area (Å²) in [6.45, 7) is 2.84. The highest BCUT2D eigenvalue weighted by molar-refractivity contribution is 6.32. The normalized spacial score (nSPS) is 12.8. The van der Waals surface area contributed by atoms with E-state index >= 15 is 0 Å². The van der Waals surface area contributed by atoms with Crippen LogP contribution < -0.4 is 11.1 Å². The van der Waals surface area contributed by atoms with Crippen LogP contribution >= 0.6 is 23.2 Å². The SMILES string of the molecule is Cc1cc(Cl)cc(-c2nn3c(c2C(N)=O)CN(C(=O)Nc2ccc(C#N)c(Cl)c2)CC3)c1. The summed E-state index contributed by atoms with van der Waals surface area (Å²) in [4.78, 5) is 26.7. The van der Waals surface area contributed by atoms with Gasteiger partial charge in [0.15, 0.2) is 0 Å². The fraction of sp³-hybridized carbons (Fsp3) is 0.182. The van der Waals surface area contributed by atoms with E-state index in [4.69, 9.17) is 34.2 Å². The van der Waals surface area contributed by atoms with Gasteiger partial charge in [-0.3, -0.25) is 9.48 Å². The predicted octanol–water partition coefficient (Wildman–Crippen LogP) is 4.18. The summed E-state index contributed by atoms with van der Waals surface area (Å²) in [5.74, 6) is -0.625. The molecule has 0 saturated carbocycles. The van der Waals surface area contributed by atoms with Crippen LogP contribution in [0.25, 0.3) is 11.3 Å². The van der Waals surface area contributed by atoms with Gasteiger partial charge in [0.25, 0.3) is 5.91 Å². The number of aryl methyl sites for hydroxylation is 1. The number of halogens is 2. The highest BCUT2D eigenvalue weighted by Crippen LogP contribution is 2.31. The molecule has 0 spiro atoms. The highest BCUT2D eigenvalue weighted by Gasteiger charge is 2.30. The smallest absolute Gasteiger partial charge is 0.322 e. The summed E-state index contributed by atoms with van der Waals surface area (Å²) >= 11 is 12.2. The largest absolute Gasteiger partial charge is 0.365 e. The molecule has 0 atom stereocenters. The number of nitrogens with zero attached hydrogens (tertiary/aromatic N) is 4. The van der Waals surface area contributed by atoms with Crippen LogP contribution in [0, 0.1) is 18.3 Å². The lowest BCUT2D eigenvalue weighted by Crippen LogP contribution is -2.41. The fourth-order valence-corrected chi connectivity index (χ4v) is 4.22. The van der Waals surface area contributed by atoms with E-state index in [0.29, 0.717) is 46.3 Å². The molecule has 3 amide bonds. The third-order valence-electron chi connectivity index (χ3n) is 5.17. The van der Waals surface area contributed by atoms with Gasteiger partial charge in [0, 0.05) is 22.8 Å². The topological polar surface area (TPSA) is 117 Å². The summed E-state index contributed by atoms with van der Waals surface area (Å²) < 4.78 is 1.70. The number of anilines is 1. The number of nitrogens with one attached hydrogen (secondary N) is 1. The number of hydrogen-bond acceptors (Lipinski definition) is 4. The molecular formula is C22H18Cl2N6O2. The minimum atomic E-state index is -0.625. The van der Waals surface area contributed by atoms with Crippen molar-refractivity contribution in [2.75, 3.05) is 11.9 Å². The monoisotopic (exact) mass is 468 g/mol. The Balaban J connectivity index is 1.62. The van der Waals surface area contributed by atoms with E-state index in [1.165, 1.54) is 12.1 Å². The van der Waals surface area contributed by atoms with Crippen molar-refractivity contribution < 1.29 is 9.59 Å². The van der Waals surface area contributed by atoms with Crippen molar-refractivity contribution in [2.45, 2.75) is 20.0 Å². The van der Waals surface area contributed by atoms with Gasteiger partial charge in [0.1, 0.15) is 11.8 Å². The quantitative estimate of drug-likeness (QED) is 0.598. The summed E-state index contributed by atoms with van der Waals surface area (Å²) in [5, 5.41) is 17.1. The molecule has 1 aliphatic heterocycles. The van der Waals surface area contributed by atoms with Crippen LogP contribution in [-0.4, -0.2) is 33.2 Å². The molecule has 2 aromatic carbocycles. The van der Waals surface area contributed by atoms with E-state index < -0.39 is 5.91 Å². The first-order valence-corrected chi connectivity index (χ1v) is 10.4. The molecule has 3 N–H and O–H groups in total. The second-order valence-electron chi connectivity index (χ2n) is 7.43. The van der Waals surface area contributed by atoms with Gasteiger partial charge in [0.05, 0.1) is 34.9 Å². The van der Waals surface area contributed by atoms with E-state index in [1.807, 2.05) is 25.1 Å². The van der Waals surface area contributed by atoms with Crippen LogP contribution in [0.1, 0.15) is 27.2 Å². The number of hydrogen-bond donors (Lipinski definition) is 2. The first-order valence-electron chi connectivity index (χ1n) is 9.69. The number of nitriles is 1. The number of nitrogens with two attached hydrogens (primary N) is 1. The zero-order valence-electron chi connectivity index (χ0n) is 17.0. The maximum absolute atomic E-state index is 12.8. The molecule has 4 rings (SSSR count).